The molecule has 1 aliphatic heterocycles. The summed E-state index contributed by atoms with van der Waals surface area (Å²) in [6.45, 7) is 5.14. The number of nitrogens with zero attached hydrogens (tertiary/aromatic N) is 3. The summed E-state index contributed by atoms with van der Waals surface area (Å²) in [4.78, 5) is 30.8. The number of likely N-dealkylation sites (N-methyl/N-ethyl adjacent to an activating group) is 1. The van der Waals surface area contributed by atoms with Crippen molar-refractivity contribution in [3.05, 3.63) is 52.0 Å². The van der Waals surface area contributed by atoms with Gasteiger partial charge < -0.3 is 9.80 Å². The largest absolute Gasteiger partial charge is 0.367 e. The Balaban J connectivity index is 1.51. The van der Waals surface area contributed by atoms with Crippen LogP contribution in [0.15, 0.2) is 35.7 Å². The Kier molecular flexibility index (Phi) is 6.23. The average Bonchev–Trinajstić information content (AvgIpc) is 3.15. The molecule has 144 valence electrons. The van der Waals surface area contributed by atoms with E-state index in [2.05, 4.69) is 4.90 Å². The Morgan fingerprint density at radius 1 is 1.19 bits per heavy atom. The second-order valence-electron chi connectivity index (χ2n) is 6.81. The zero-order valence-corrected chi connectivity index (χ0v) is 16.5. The van der Waals surface area contributed by atoms with Crippen LogP contribution in [0.3, 0.4) is 0 Å². The first-order chi connectivity index (χ1) is 12.9. The SMILES string of the molecule is CC(=O)c1ccc(N2CCN(CC(=O)N(C)Cc3cccs3)CC2)c(F)c1. The number of halogens is 1. The van der Waals surface area contributed by atoms with Crippen LogP contribution < -0.4 is 4.90 Å². The lowest BCUT2D eigenvalue weighted by Crippen LogP contribution is -2.49. The zero-order chi connectivity index (χ0) is 19.4. The van der Waals surface area contributed by atoms with Crippen LogP contribution in [0.5, 0.6) is 0 Å². The van der Waals surface area contributed by atoms with E-state index >= 15 is 0 Å². The van der Waals surface area contributed by atoms with Crippen LogP contribution >= 0.6 is 11.3 Å². The second kappa shape index (κ2) is 8.63. The molecule has 7 heteroatoms. The first kappa shape index (κ1) is 19.5. The molecule has 0 N–H and O–H groups in total. The van der Waals surface area contributed by atoms with E-state index in [4.69, 9.17) is 0 Å². The molecule has 1 aromatic heterocycles. The van der Waals surface area contributed by atoms with Crippen LogP contribution in [0.1, 0.15) is 22.2 Å². The highest BCUT2D eigenvalue weighted by Crippen LogP contribution is 2.22. The van der Waals surface area contributed by atoms with Gasteiger partial charge in [0.25, 0.3) is 0 Å². The predicted octanol–water partition coefficient (Wildman–Crippen LogP) is 2.87. The van der Waals surface area contributed by atoms with Gasteiger partial charge in [-0.1, -0.05) is 6.07 Å². The van der Waals surface area contributed by atoms with Crippen LogP contribution in [-0.2, 0) is 11.3 Å². The molecule has 5 nitrogen and oxygen atoms in total. The molecule has 1 saturated heterocycles. The third-order valence-corrected chi connectivity index (χ3v) is 5.69. The van der Waals surface area contributed by atoms with Crippen molar-refractivity contribution in [2.75, 3.05) is 44.7 Å². The van der Waals surface area contributed by atoms with Gasteiger partial charge in [-0.25, -0.2) is 4.39 Å². The Labute approximate surface area is 163 Å². The minimum Gasteiger partial charge on any atom is -0.367 e. The van der Waals surface area contributed by atoms with Crippen molar-refractivity contribution < 1.29 is 14.0 Å². The standard InChI is InChI=1S/C20H24FN3O2S/c1-15(25)16-5-6-19(18(21)12-16)24-9-7-23(8-10-24)14-20(26)22(2)13-17-4-3-11-27-17/h3-6,11-12H,7-10,13-14H2,1-2H3. The van der Waals surface area contributed by atoms with Crippen molar-refractivity contribution in [3.8, 4) is 0 Å². The molecule has 1 fully saturated rings. The molecule has 0 radical (unpaired) electrons. The molecule has 0 aliphatic carbocycles. The van der Waals surface area contributed by atoms with Gasteiger partial charge in [0, 0.05) is 43.7 Å². The van der Waals surface area contributed by atoms with Gasteiger partial charge in [-0.2, -0.15) is 0 Å². The maximum absolute atomic E-state index is 14.3. The monoisotopic (exact) mass is 389 g/mol. The van der Waals surface area contributed by atoms with Gasteiger partial charge in [-0.05, 0) is 36.6 Å². The lowest BCUT2D eigenvalue weighted by Gasteiger charge is -2.36. The minimum atomic E-state index is -0.372. The fraction of sp³-hybridized carbons (Fsp3) is 0.400. The summed E-state index contributed by atoms with van der Waals surface area (Å²) in [7, 11) is 1.82. The number of ketones is 1. The topological polar surface area (TPSA) is 43.9 Å². The van der Waals surface area contributed by atoms with Crippen LogP contribution in [0, 0.1) is 5.82 Å². The number of carbonyl (C=O) groups is 2. The molecular formula is C20H24FN3O2S. The number of benzene rings is 1. The maximum atomic E-state index is 14.3. The van der Waals surface area contributed by atoms with E-state index in [1.54, 1.807) is 28.4 Å². The molecule has 2 aromatic rings. The second-order valence-corrected chi connectivity index (χ2v) is 7.85. The molecule has 27 heavy (non-hydrogen) atoms. The molecule has 2 heterocycles. The molecule has 1 aliphatic rings. The summed E-state index contributed by atoms with van der Waals surface area (Å²) in [6, 6.07) is 8.64. The van der Waals surface area contributed by atoms with Gasteiger partial charge in [0.05, 0.1) is 18.8 Å². The Morgan fingerprint density at radius 3 is 2.52 bits per heavy atom. The number of rotatable bonds is 6. The summed E-state index contributed by atoms with van der Waals surface area (Å²) >= 11 is 1.65. The highest BCUT2D eigenvalue weighted by Gasteiger charge is 2.22. The summed E-state index contributed by atoms with van der Waals surface area (Å²) in [5, 5.41) is 2.01. The van der Waals surface area contributed by atoms with Gasteiger partial charge >= 0.3 is 0 Å². The number of piperazine rings is 1. The summed E-state index contributed by atoms with van der Waals surface area (Å²) < 4.78 is 14.3. The molecule has 1 amide bonds. The first-order valence-electron chi connectivity index (χ1n) is 8.98. The predicted molar refractivity (Wildman–Crippen MR) is 106 cm³/mol. The van der Waals surface area contributed by atoms with Crippen molar-refractivity contribution in [1.82, 2.24) is 9.80 Å². The Morgan fingerprint density at radius 2 is 1.93 bits per heavy atom. The van der Waals surface area contributed by atoms with E-state index in [9.17, 15) is 14.0 Å². The molecular weight excluding hydrogens is 365 g/mol. The van der Waals surface area contributed by atoms with E-state index in [1.807, 2.05) is 29.5 Å². The average molecular weight is 389 g/mol. The van der Waals surface area contributed by atoms with Crippen molar-refractivity contribution in [1.29, 1.82) is 0 Å². The van der Waals surface area contributed by atoms with Crippen molar-refractivity contribution in [2.24, 2.45) is 0 Å². The summed E-state index contributed by atoms with van der Waals surface area (Å²) in [5.41, 5.74) is 0.898. The minimum absolute atomic E-state index is 0.0915. The summed E-state index contributed by atoms with van der Waals surface area (Å²) in [5.74, 6) is -0.424. The normalized spacial score (nSPS) is 15.0. The molecule has 3 rings (SSSR count). The fourth-order valence-electron chi connectivity index (χ4n) is 3.17. The molecule has 0 unspecified atom stereocenters. The van der Waals surface area contributed by atoms with Gasteiger partial charge in [0.15, 0.2) is 5.78 Å². The number of anilines is 1. The van der Waals surface area contributed by atoms with Crippen LogP contribution in [0.2, 0.25) is 0 Å². The Bertz CT molecular complexity index is 802. The van der Waals surface area contributed by atoms with Crippen molar-refractivity contribution in [3.63, 3.8) is 0 Å². The number of Topliss-reactive ketones (excluding diaryl/α,β-unsaturated/α-hetero) is 1. The van der Waals surface area contributed by atoms with E-state index < -0.39 is 0 Å². The number of thiophene rings is 1. The number of amides is 1. The van der Waals surface area contributed by atoms with E-state index in [0.717, 1.165) is 0 Å². The highest BCUT2D eigenvalue weighted by molar-refractivity contribution is 7.09. The fourth-order valence-corrected chi connectivity index (χ4v) is 3.92. The first-order valence-corrected chi connectivity index (χ1v) is 9.86. The number of carbonyl (C=O) groups excluding carboxylic acids is 2. The van der Waals surface area contributed by atoms with Gasteiger partial charge in [0.2, 0.25) is 5.91 Å². The molecule has 0 saturated carbocycles. The molecule has 0 bridgehead atoms. The van der Waals surface area contributed by atoms with Gasteiger partial charge in [0.1, 0.15) is 5.82 Å². The zero-order valence-electron chi connectivity index (χ0n) is 15.7. The summed E-state index contributed by atoms with van der Waals surface area (Å²) in [6.07, 6.45) is 0. The van der Waals surface area contributed by atoms with E-state index in [1.165, 1.54) is 17.9 Å². The van der Waals surface area contributed by atoms with Gasteiger partial charge in [-0.15, -0.1) is 11.3 Å². The third kappa shape index (κ3) is 4.93. The van der Waals surface area contributed by atoms with Crippen LogP contribution in [0.25, 0.3) is 0 Å². The van der Waals surface area contributed by atoms with Gasteiger partial charge in [-0.3, -0.25) is 14.5 Å². The maximum Gasteiger partial charge on any atom is 0.236 e. The quantitative estimate of drug-likeness (QED) is 0.713. The smallest absolute Gasteiger partial charge is 0.236 e. The Hall–Kier alpha value is -2.25. The van der Waals surface area contributed by atoms with Crippen LogP contribution in [0.4, 0.5) is 10.1 Å². The lowest BCUT2D eigenvalue weighted by atomic mass is 10.1. The highest BCUT2D eigenvalue weighted by atomic mass is 32.1. The van der Waals surface area contributed by atoms with E-state index in [0.29, 0.717) is 50.5 Å². The molecule has 0 spiro atoms. The number of hydrogen-bond acceptors (Lipinski definition) is 5. The number of hydrogen-bond donors (Lipinski definition) is 0. The van der Waals surface area contributed by atoms with Crippen molar-refractivity contribution in [2.45, 2.75) is 13.5 Å². The molecule has 1 aromatic carbocycles. The van der Waals surface area contributed by atoms with Crippen molar-refractivity contribution >= 4 is 28.7 Å². The molecule has 0 atom stereocenters. The lowest BCUT2D eigenvalue weighted by molar-refractivity contribution is -0.131. The van der Waals surface area contributed by atoms with E-state index in [-0.39, 0.29) is 17.5 Å². The van der Waals surface area contributed by atoms with Crippen LogP contribution in [-0.4, -0.2) is 61.3 Å². The third-order valence-electron chi connectivity index (χ3n) is 4.82.